The van der Waals surface area contributed by atoms with Crippen molar-refractivity contribution in [2.45, 2.75) is 31.9 Å². The minimum absolute atomic E-state index is 0.00900. The van der Waals surface area contributed by atoms with Crippen LogP contribution < -0.4 is 10.2 Å². The molecule has 0 amide bonds. The highest BCUT2D eigenvalue weighted by Gasteiger charge is 2.21. The van der Waals surface area contributed by atoms with Gasteiger partial charge in [0.1, 0.15) is 5.82 Å². The number of ether oxygens (including phenoxy) is 1. The lowest BCUT2D eigenvalue weighted by atomic mass is 10.0. The van der Waals surface area contributed by atoms with E-state index in [0.717, 1.165) is 37.2 Å². The molecule has 0 aliphatic carbocycles. The summed E-state index contributed by atoms with van der Waals surface area (Å²) in [4.78, 5) is 2.21. The fourth-order valence-electron chi connectivity index (χ4n) is 2.89. The van der Waals surface area contributed by atoms with Crippen LogP contribution in [-0.2, 0) is 4.74 Å². The Kier molecular flexibility index (Phi) is 7.23. The Morgan fingerprint density at radius 3 is 2.78 bits per heavy atom. The molecule has 6 heteroatoms. The number of aliphatic hydroxyl groups excluding tert-OH is 2. The maximum Gasteiger partial charge on any atom is 0.123 e. The van der Waals surface area contributed by atoms with Crippen molar-refractivity contribution in [1.29, 1.82) is 0 Å². The second-order valence-electron chi connectivity index (χ2n) is 5.93. The van der Waals surface area contributed by atoms with Crippen LogP contribution in [0.5, 0.6) is 0 Å². The Labute approximate surface area is 137 Å². The number of rotatable bonds is 8. The number of aliphatic hydroxyl groups is 2. The molecule has 0 radical (unpaired) electrons. The third-order valence-corrected chi connectivity index (χ3v) is 4.19. The van der Waals surface area contributed by atoms with Gasteiger partial charge in [-0.1, -0.05) is 0 Å². The molecule has 5 nitrogen and oxygen atoms in total. The van der Waals surface area contributed by atoms with Gasteiger partial charge in [0.05, 0.1) is 25.9 Å². The first kappa shape index (κ1) is 18.1. The van der Waals surface area contributed by atoms with Gasteiger partial charge in [0, 0.05) is 31.4 Å². The lowest BCUT2D eigenvalue weighted by molar-refractivity contribution is 0.0928. The monoisotopic (exact) mass is 326 g/mol. The van der Waals surface area contributed by atoms with Crippen LogP contribution in [0.3, 0.4) is 0 Å². The molecule has 1 aliphatic heterocycles. The van der Waals surface area contributed by atoms with Gasteiger partial charge < -0.3 is 25.2 Å². The van der Waals surface area contributed by atoms with Gasteiger partial charge in [-0.2, -0.15) is 0 Å². The van der Waals surface area contributed by atoms with Gasteiger partial charge in [0.2, 0.25) is 0 Å². The summed E-state index contributed by atoms with van der Waals surface area (Å²) in [6.45, 7) is 5.06. The molecule has 0 aromatic heterocycles. The lowest BCUT2D eigenvalue weighted by Crippen LogP contribution is -2.37. The quantitative estimate of drug-likeness (QED) is 0.631. The van der Waals surface area contributed by atoms with Crippen LogP contribution in [0.25, 0.3) is 0 Å². The maximum absolute atomic E-state index is 13.7. The smallest absolute Gasteiger partial charge is 0.123 e. The lowest BCUT2D eigenvalue weighted by Gasteiger charge is -2.34. The molecule has 130 valence electrons. The van der Waals surface area contributed by atoms with Gasteiger partial charge in [-0.05, 0) is 43.5 Å². The topological polar surface area (TPSA) is 65.0 Å². The largest absolute Gasteiger partial charge is 0.394 e. The van der Waals surface area contributed by atoms with E-state index >= 15 is 0 Å². The molecule has 1 aromatic rings. The van der Waals surface area contributed by atoms with Crippen molar-refractivity contribution in [2.75, 3.05) is 44.4 Å². The molecular weight excluding hydrogens is 299 g/mol. The van der Waals surface area contributed by atoms with E-state index in [-0.39, 0.29) is 24.6 Å². The summed E-state index contributed by atoms with van der Waals surface area (Å²) in [5.41, 5.74) is 1.94. The predicted octanol–water partition coefficient (Wildman–Crippen LogP) is 1.45. The van der Waals surface area contributed by atoms with Crippen LogP contribution in [0.4, 0.5) is 10.1 Å². The van der Waals surface area contributed by atoms with Gasteiger partial charge in [0.15, 0.2) is 0 Å². The zero-order valence-corrected chi connectivity index (χ0v) is 13.7. The standard InChI is InChI=1S/C17H27FN2O3/c1-13(19-6-10-23-11-9-21)16-12-14(18)2-3-17(16)20-7-4-15(22)5-8-20/h2-3,12-13,15,19,21-22H,4-11H2,1H3. The highest BCUT2D eigenvalue weighted by Crippen LogP contribution is 2.29. The van der Waals surface area contributed by atoms with Crippen molar-refractivity contribution in [3.63, 3.8) is 0 Å². The summed E-state index contributed by atoms with van der Waals surface area (Å²) < 4.78 is 18.9. The number of halogens is 1. The molecule has 1 aliphatic rings. The predicted molar refractivity (Wildman–Crippen MR) is 88.2 cm³/mol. The molecule has 3 N–H and O–H groups in total. The Morgan fingerprint density at radius 2 is 2.09 bits per heavy atom. The molecule has 1 aromatic carbocycles. The number of hydrogen-bond donors (Lipinski definition) is 3. The summed E-state index contributed by atoms with van der Waals surface area (Å²) in [6, 6.07) is 4.88. The van der Waals surface area contributed by atoms with E-state index in [1.165, 1.54) is 6.07 Å². The Hall–Kier alpha value is -1.21. The minimum atomic E-state index is -0.244. The molecule has 1 atom stereocenters. The third-order valence-electron chi connectivity index (χ3n) is 4.19. The summed E-state index contributed by atoms with van der Waals surface area (Å²) in [5, 5.41) is 21.6. The highest BCUT2D eigenvalue weighted by molar-refractivity contribution is 5.55. The Morgan fingerprint density at radius 1 is 1.35 bits per heavy atom. The van der Waals surface area contributed by atoms with Gasteiger partial charge in [-0.3, -0.25) is 0 Å². The van der Waals surface area contributed by atoms with Crippen LogP contribution in [0.15, 0.2) is 18.2 Å². The van der Waals surface area contributed by atoms with Gasteiger partial charge in [-0.25, -0.2) is 4.39 Å². The number of nitrogens with zero attached hydrogens (tertiary/aromatic N) is 1. The first-order valence-electron chi connectivity index (χ1n) is 8.26. The van der Waals surface area contributed by atoms with E-state index in [2.05, 4.69) is 10.2 Å². The van der Waals surface area contributed by atoms with Crippen molar-refractivity contribution in [2.24, 2.45) is 0 Å². The van der Waals surface area contributed by atoms with Gasteiger partial charge in [0.25, 0.3) is 0 Å². The summed E-state index contributed by atoms with van der Waals surface area (Å²) in [6.07, 6.45) is 1.26. The number of anilines is 1. The molecule has 1 heterocycles. The molecule has 1 saturated heterocycles. The second-order valence-corrected chi connectivity index (χ2v) is 5.93. The normalized spacial score (nSPS) is 17.5. The highest BCUT2D eigenvalue weighted by atomic mass is 19.1. The summed E-state index contributed by atoms with van der Waals surface area (Å²) in [5.74, 6) is -0.244. The van der Waals surface area contributed by atoms with E-state index in [1.807, 2.05) is 13.0 Å². The molecule has 23 heavy (non-hydrogen) atoms. The maximum atomic E-state index is 13.7. The molecule has 2 rings (SSSR count). The van der Waals surface area contributed by atoms with Crippen molar-refractivity contribution < 1.29 is 19.3 Å². The van der Waals surface area contributed by atoms with Crippen LogP contribution in [0, 0.1) is 5.82 Å². The zero-order chi connectivity index (χ0) is 16.7. The Bertz CT molecular complexity index is 479. The van der Waals surface area contributed by atoms with Crippen LogP contribution in [0.2, 0.25) is 0 Å². The molecule has 0 saturated carbocycles. The molecule has 0 spiro atoms. The Balaban J connectivity index is 2.00. The van der Waals surface area contributed by atoms with Crippen molar-refractivity contribution in [3.05, 3.63) is 29.6 Å². The molecular formula is C17H27FN2O3. The number of nitrogens with one attached hydrogen (secondary N) is 1. The average molecular weight is 326 g/mol. The number of benzene rings is 1. The van der Waals surface area contributed by atoms with Crippen LogP contribution in [-0.4, -0.2) is 55.8 Å². The van der Waals surface area contributed by atoms with Crippen molar-refractivity contribution >= 4 is 5.69 Å². The summed E-state index contributed by atoms with van der Waals surface area (Å²) in [7, 11) is 0. The minimum Gasteiger partial charge on any atom is -0.394 e. The zero-order valence-electron chi connectivity index (χ0n) is 13.7. The number of hydrogen-bond acceptors (Lipinski definition) is 5. The van der Waals surface area contributed by atoms with Crippen LogP contribution in [0.1, 0.15) is 31.4 Å². The van der Waals surface area contributed by atoms with Crippen molar-refractivity contribution in [3.8, 4) is 0 Å². The van der Waals surface area contributed by atoms with Gasteiger partial charge in [-0.15, -0.1) is 0 Å². The fraction of sp³-hybridized carbons (Fsp3) is 0.647. The molecule has 1 unspecified atom stereocenters. The van der Waals surface area contributed by atoms with Crippen molar-refractivity contribution in [1.82, 2.24) is 5.32 Å². The first-order chi connectivity index (χ1) is 11.1. The summed E-state index contributed by atoms with van der Waals surface area (Å²) >= 11 is 0. The number of piperidine rings is 1. The molecule has 0 bridgehead atoms. The average Bonchev–Trinajstić information content (AvgIpc) is 2.55. The van der Waals surface area contributed by atoms with E-state index in [9.17, 15) is 9.50 Å². The van der Waals surface area contributed by atoms with E-state index in [1.54, 1.807) is 6.07 Å². The first-order valence-corrected chi connectivity index (χ1v) is 8.26. The second kappa shape index (κ2) is 9.17. The SMILES string of the molecule is CC(NCCOCCO)c1cc(F)ccc1N1CCC(O)CC1. The van der Waals surface area contributed by atoms with E-state index < -0.39 is 0 Å². The van der Waals surface area contributed by atoms with Crippen LogP contribution >= 0.6 is 0 Å². The third kappa shape index (κ3) is 5.42. The van der Waals surface area contributed by atoms with E-state index in [4.69, 9.17) is 9.84 Å². The molecule has 1 fully saturated rings. The van der Waals surface area contributed by atoms with Gasteiger partial charge >= 0.3 is 0 Å². The van der Waals surface area contributed by atoms with E-state index in [0.29, 0.717) is 19.8 Å². The fourth-order valence-corrected chi connectivity index (χ4v) is 2.89.